The van der Waals surface area contributed by atoms with Gasteiger partial charge in [0, 0.05) is 29.5 Å². The number of esters is 1. The Balaban J connectivity index is 2.05. The zero-order chi connectivity index (χ0) is 19.4. The van der Waals surface area contributed by atoms with Crippen LogP contribution in [0.1, 0.15) is 22.8 Å². The number of non-ortho nitro benzene ring substituents is 1. The number of aliphatic imine (C=N–C) groups is 1. The number of hydrogen-bond acceptors (Lipinski definition) is 6. The molecule has 27 heavy (non-hydrogen) atoms. The van der Waals surface area contributed by atoms with E-state index in [0.29, 0.717) is 22.4 Å². The molecule has 2 aliphatic carbocycles. The molecule has 0 spiro atoms. The molecule has 0 aliphatic heterocycles. The van der Waals surface area contributed by atoms with E-state index in [1.807, 2.05) is 6.07 Å². The highest BCUT2D eigenvalue weighted by atomic mass is 16.6. The third kappa shape index (κ3) is 3.62. The molecule has 0 heterocycles. The summed E-state index contributed by atoms with van der Waals surface area (Å²) in [6, 6.07) is 14.6. The second-order valence-electron chi connectivity index (χ2n) is 5.63. The molecular weight excluding hydrogens is 348 g/mol. The Morgan fingerprint density at radius 1 is 1.15 bits per heavy atom. The third-order valence-corrected chi connectivity index (χ3v) is 3.97. The third-order valence-electron chi connectivity index (χ3n) is 3.97. The Kier molecular flexibility index (Phi) is 5.12. The Morgan fingerprint density at radius 2 is 1.81 bits per heavy atom. The predicted molar refractivity (Wildman–Crippen MR) is 101 cm³/mol. The van der Waals surface area contributed by atoms with Gasteiger partial charge >= 0.3 is 5.97 Å². The number of nitro benzene ring substituents is 1. The van der Waals surface area contributed by atoms with Crippen LogP contribution in [0, 0.1) is 10.1 Å². The molecule has 0 saturated heterocycles. The van der Waals surface area contributed by atoms with Crippen LogP contribution in [-0.4, -0.2) is 28.8 Å². The maximum absolute atomic E-state index is 12.3. The van der Waals surface area contributed by atoms with Gasteiger partial charge in [-0.2, -0.15) is 0 Å². The normalized spacial score (nSPS) is 11.0. The first kappa shape index (κ1) is 18.1. The molecule has 0 atom stereocenters. The molecule has 7 heteroatoms. The fourth-order valence-electron chi connectivity index (χ4n) is 2.73. The summed E-state index contributed by atoms with van der Waals surface area (Å²) in [7, 11) is 0. The summed E-state index contributed by atoms with van der Waals surface area (Å²) >= 11 is 0. The van der Waals surface area contributed by atoms with Crippen molar-refractivity contribution in [3.05, 3.63) is 75.8 Å². The van der Waals surface area contributed by atoms with Crippen molar-refractivity contribution in [2.45, 2.75) is 6.92 Å². The summed E-state index contributed by atoms with van der Waals surface area (Å²) in [6.45, 7) is 1.88. The number of hydrogen-bond donors (Lipinski definition) is 1. The number of aromatic hydroxyl groups is 1. The van der Waals surface area contributed by atoms with Crippen LogP contribution in [0.4, 0.5) is 11.4 Å². The van der Waals surface area contributed by atoms with Gasteiger partial charge in [0.05, 0.1) is 17.2 Å². The number of nitro groups is 1. The molecule has 0 saturated carbocycles. The lowest BCUT2D eigenvalue weighted by molar-refractivity contribution is -0.384. The Morgan fingerprint density at radius 3 is 2.44 bits per heavy atom. The molecule has 0 aromatic heterocycles. The molecule has 0 radical (unpaired) electrons. The van der Waals surface area contributed by atoms with Crippen molar-refractivity contribution in [1.82, 2.24) is 0 Å². The van der Waals surface area contributed by atoms with Gasteiger partial charge in [-0.1, -0.05) is 30.3 Å². The molecule has 3 rings (SSSR count). The maximum Gasteiger partial charge on any atom is 0.342 e. The first-order valence-corrected chi connectivity index (χ1v) is 8.22. The van der Waals surface area contributed by atoms with Crippen molar-refractivity contribution in [3.8, 4) is 16.9 Å². The standard InChI is InChI=1S/C20H16N2O5/c1-2-27-20(24)18-16-7-5-3-4-6-15(16)17(19(18)23)12-21-13-8-10-14(11-9-13)22(25)26/h3-12,23H,2H2,1H3. The van der Waals surface area contributed by atoms with Gasteiger partial charge in [0.1, 0.15) is 11.3 Å². The average molecular weight is 364 g/mol. The van der Waals surface area contributed by atoms with Crippen LogP contribution in [0.15, 0.2) is 59.6 Å². The number of nitrogens with zero attached hydrogens (tertiary/aromatic N) is 2. The molecule has 0 fully saturated rings. The van der Waals surface area contributed by atoms with Gasteiger partial charge in [0.25, 0.3) is 5.69 Å². The Bertz CT molecular complexity index is 996. The van der Waals surface area contributed by atoms with E-state index in [-0.39, 0.29) is 23.6 Å². The summed E-state index contributed by atoms with van der Waals surface area (Å²) in [5.74, 6) is -0.818. The van der Waals surface area contributed by atoms with Crippen molar-refractivity contribution in [2.24, 2.45) is 4.99 Å². The van der Waals surface area contributed by atoms with Crippen molar-refractivity contribution in [3.63, 3.8) is 0 Å². The molecular formula is C20H16N2O5. The van der Waals surface area contributed by atoms with Crippen molar-refractivity contribution < 1.29 is 19.6 Å². The lowest BCUT2D eigenvalue weighted by Gasteiger charge is -2.02. The number of rotatable bonds is 5. The number of ether oxygens (including phenoxy) is 1. The molecule has 1 N–H and O–H groups in total. The smallest absolute Gasteiger partial charge is 0.342 e. The van der Waals surface area contributed by atoms with E-state index in [4.69, 9.17) is 4.74 Å². The second kappa shape index (κ2) is 7.65. The summed E-state index contributed by atoms with van der Waals surface area (Å²) in [6.07, 6.45) is 1.43. The number of carbonyl (C=O) groups excluding carboxylic acids is 1. The van der Waals surface area contributed by atoms with E-state index in [1.165, 1.54) is 30.5 Å². The van der Waals surface area contributed by atoms with Crippen LogP contribution in [0.5, 0.6) is 5.75 Å². The van der Waals surface area contributed by atoms with Gasteiger partial charge in [-0.25, -0.2) is 4.79 Å². The molecule has 1 aromatic carbocycles. The highest BCUT2D eigenvalue weighted by Gasteiger charge is 2.26. The predicted octanol–water partition coefficient (Wildman–Crippen LogP) is 4.33. The highest BCUT2D eigenvalue weighted by molar-refractivity contribution is 6.10. The fourth-order valence-corrected chi connectivity index (χ4v) is 2.73. The summed E-state index contributed by atoms with van der Waals surface area (Å²) in [5, 5.41) is 21.3. The van der Waals surface area contributed by atoms with Gasteiger partial charge in [-0.15, -0.1) is 0 Å². The molecule has 1 aromatic rings. The summed E-state index contributed by atoms with van der Waals surface area (Å²) < 4.78 is 5.05. The van der Waals surface area contributed by atoms with E-state index in [2.05, 4.69) is 4.99 Å². The fraction of sp³-hybridized carbons (Fsp3) is 0.100. The minimum atomic E-state index is -0.610. The minimum absolute atomic E-state index is 0.0350. The molecule has 0 bridgehead atoms. The van der Waals surface area contributed by atoms with Crippen LogP contribution in [-0.2, 0) is 4.74 Å². The van der Waals surface area contributed by atoms with E-state index in [1.54, 1.807) is 31.2 Å². The van der Waals surface area contributed by atoms with E-state index in [0.717, 1.165) is 0 Å². The molecule has 7 nitrogen and oxygen atoms in total. The first-order chi connectivity index (χ1) is 13.0. The molecule has 0 amide bonds. The molecule has 0 unspecified atom stereocenters. The van der Waals surface area contributed by atoms with Gasteiger partial charge in [0.2, 0.25) is 0 Å². The van der Waals surface area contributed by atoms with Gasteiger partial charge < -0.3 is 9.84 Å². The Labute approximate surface area is 155 Å². The van der Waals surface area contributed by atoms with Gasteiger partial charge in [-0.05, 0) is 24.6 Å². The van der Waals surface area contributed by atoms with Crippen LogP contribution in [0.25, 0.3) is 11.1 Å². The SMILES string of the molecule is CCOC(=O)c1c2cccccc-2c(C=Nc2ccc([N+](=O)[O-])cc2)c1O. The first-order valence-electron chi connectivity index (χ1n) is 8.22. The van der Waals surface area contributed by atoms with E-state index < -0.39 is 10.9 Å². The Hall–Kier alpha value is -3.74. The lowest BCUT2D eigenvalue weighted by Crippen LogP contribution is -2.04. The number of carbonyl (C=O) groups is 1. The average Bonchev–Trinajstić information content (AvgIpc) is 2.78. The van der Waals surface area contributed by atoms with Gasteiger partial charge in [-0.3, -0.25) is 15.1 Å². The molecule has 2 aliphatic rings. The largest absolute Gasteiger partial charge is 0.506 e. The number of fused-ring (bicyclic) bond motifs is 1. The maximum atomic E-state index is 12.3. The van der Waals surface area contributed by atoms with Crippen LogP contribution < -0.4 is 0 Å². The van der Waals surface area contributed by atoms with Crippen molar-refractivity contribution >= 4 is 23.6 Å². The van der Waals surface area contributed by atoms with Crippen LogP contribution in [0.2, 0.25) is 0 Å². The monoisotopic (exact) mass is 364 g/mol. The van der Waals surface area contributed by atoms with E-state index in [9.17, 15) is 20.0 Å². The van der Waals surface area contributed by atoms with Crippen molar-refractivity contribution in [1.29, 1.82) is 0 Å². The second-order valence-corrected chi connectivity index (χ2v) is 5.63. The van der Waals surface area contributed by atoms with Crippen LogP contribution >= 0.6 is 0 Å². The zero-order valence-electron chi connectivity index (χ0n) is 14.5. The number of benzene rings is 1. The minimum Gasteiger partial charge on any atom is -0.506 e. The summed E-state index contributed by atoms with van der Waals surface area (Å²) in [5.41, 5.74) is 2.11. The van der Waals surface area contributed by atoms with Crippen molar-refractivity contribution in [2.75, 3.05) is 6.61 Å². The van der Waals surface area contributed by atoms with E-state index >= 15 is 0 Å². The van der Waals surface area contributed by atoms with Crippen LogP contribution in [0.3, 0.4) is 0 Å². The molecule has 136 valence electrons. The lowest BCUT2D eigenvalue weighted by atomic mass is 10.1. The summed E-state index contributed by atoms with van der Waals surface area (Å²) in [4.78, 5) is 26.8. The zero-order valence-corrected chi connectivity index (χ0v) is 14.5. The highest BCUT2D eigenvalue weighted by Crippen LogP contribution is 2.40. The van der Waals surface area contributed by atoms with Gasteiger partial charge in [0.15, 0.2) is 0 Å². The quantitative estimate of drug-likeness (QED) is 0.314. The topological polar surface area (TPSA) is 102 Å².